The third-order valence-corrected chi connectivity index (χ3v) is 1.86. The molecule has 0 aliphatic rings. The van der Waals surface area contributed by atoms with Gasteiger partial charge in [0.1, 0.15) is 0 Å². The molecule has 0 saturated carbocycles. The first-order valence-corrected chi connectivity index (χ1v) is 5.78. The highest BCUT2D eigenvalue weighted by atomic mass is 13.8. The number of hydrogen-bond donors (Lipinski definition) is 0. The standard InChI is InChI=1S/C16H21/c1-3-5-7-9-11-13-15-16-14-12-10-8-6-4-2/h1,3,5,7,9-16H,4,6,8H2,2H3/b3-1?,7-5+,11-9+,12-10+,15-13+,16-14+. The van der Waals surface area contributed by atoms with Gasteiger partial charge in [-0.15, -0.1) is 0 Å². The minimum absolute atomic E-state index is 1.17. The van der Waals surface area contributed by atoms with Crippen LogP contribution >= 0.6 is 0 Å². The predicted molar refractivity (Wildman–Crippen MR) is 74.1 cm³/mol. The molecule has 16 heavy (non-hydrogen) atoms. The van der Waals surface area contributed by atoms with Crippen LogP contribution in [0.1, 0.15) is 26.2 Å². The molecule has 0 nitrogen and oxygen atoms in total. The molecule has 0 heterocycles. The quantitative estimate of drug-likeness (QED) is 0.395. The molecule has 0 rings (SSSR count). The number of allylic oxidation sites excluding steroid dienone is 11. The van der Waals surface area contributed by atoms with E-state index >= 15 is 0 Å². The van der Waals surface area contributed by atoms with Crippen LogP contribution in [-0.2, 0) is 0 Å². The van der Waals surface area contributed by atoms with Crippen LogP contribution in [0.2, 0.25) is 0 Å². The molecule has 0 atom stereocenters. The van der Waals surface area contributed by atoms with Crippen molar-refractivity contribution >= 4 is 0 Å². The molecular formula is C16H21. The second-order valence-electron chi connectivity index (χ2n) is 3.30. The highest BCUT2D eigenvalue weighted by Gasteiger charge is 1.74. The van der Waals surface area contributed by atoms with E-state index in [0.29, 0.717) is 0 Å². The Morgan fingerprint density at radius 3 is 1.75 bits per heavy atom. The lowest BCUT2D eigenvalue weighted by Gasteiger charge is -1.84. The van der Waals surface area contributed by atoms with E-state index in [1.807, 2.05) is 42.5 Å². The van der Waals surface area contributed by atoms with E-state index in [9.17, 15) is 0 Å². The topological polar surface area (TPSA) is 0 Å². The number of rotatable bonds is 8. The van der Waals surface area contributed by atoms with Crippen LogP contribution in [0.5, 0.6) is 0 Å². The minimum Gasteiger partial charge on any atom is -0.0845 e. The molecular weight excluding hydrogens is 192 g/mol. The smallest absolute Gasteiger partial charge is 0.0348 e. The molecule has 0 unspecified atom stereocenters. The Morgan fingerprint density at radius 1 is 0.750 bits per heavy atom. The van der Waals surface area contributed by atoms with Gasteiger partial charge in [0, 0.05) is 0 Å². The summed E-state index contributed by atoms with van der Waals surface area (Å²) in [6, 6.07) is 0. The van der Waals surface area contributed by atoms with Crippen LogP contribution in [0.3, 0.4) is 0 Å². The van der Waals surface area contributed by atoms with Crippen molar-refractivity contribution in [2.45, 2.75) is 26.2 Å². The first-order valence-electron chi connectivity index (χ1n) is 5.78. The van der Waals surface area contributed by atoms with Gasteiger partial charge in [0.25, 0.3) is 0 Å². The highest BCUT2D eigenvalue weighted by molar-refractivity contribution is 5.18. The third-order valence-electron chi connectivity index (χ3n) is 1.86. The van der Waals surface area contributed by atoms with Gasteiger partial charge in [0.15, 0.2) is 0 Å². The maximum Gasteiger partial charge on any atom is -0.0348 e. The summed E-state index contributed by atoms with van der Waals surface area (Å²) in [5, 5.41) is 0. The van der Waals surface area contributed by atoms with Crippen LogP contribution in [0.25, 0.3) is 0 Å². The summed E-state index contributed by atoms with van der Waals surface area (Å²) >= 11 is 0. The Kier molecular flexibility index (Phi) is 12.1. The molecule has 0 aliphatic carbocycles. The Hall–Kier alpha value is -1.56. The van der Waals surface area contributed by atoms with Crippen molar-refractivity contribution in [3.63, 3.8) is 0 Å². The van der Waals surface area contributed by atoms with Crippen LogP contribution in [0, 0.1) is 6.58 Å². The van der Waals surface area contributed by atoms with Gasteiger partial charge in [0.05, 0.1) is 0 Å². The Balaban J connectivity index is 3.62. The summed E-state index contributed by atoms with van der Waals surface area (Å²) < 4.78 is 0. The van der Waals surface area contributed by atoms with Crippen molar-refractivity contribution in [2.24, 2.45) is 0 Å². The van der Waals surface area contributed by atoms with Crippen molar-refractivity contribution in [1.29, 1.82) is 0 Å². The minimum atomic E-state index is 1.17. The highest BCUT2D eigenvalue weighted by Crippen LogP contribution is 1.94. The maximum absolute atomic E-state index is 5.18. The van der Waals surface area contributed by atoms with Gasteiger partial charge in [0.2, 0.25) is 0 Å². The third kappa shape index (κ3) is 12.4. The van der Waals surface area contributed by atoms with Gasteiger partial charge in [-0.05, 0) is 6.42 Å². The predicted octanol–water partition coefficient (Wildman–Crippen LogP) is 4.95. The van der Waals surface area contributed by atoms with E-state index in [1.165, 1.54) is 25.3 Å². The molecule has 0 fully saturated rings. The van der Waals surface area contributed by atoms with Gasteiger partial charge >= 0.3 is 0 Å². The molecule has 0 heteroatoms. The molecule has 0 bridgehead atoms. The summed E-state index contributed by atoms with van der Waals surface area (Å²) in [5.41, 5.74) is 0. The molecule has 0 aliphatic heterocycles. The van der Waals surface area contributed by atoms with Crippen LogP contribution in [0.15, 0.2) is 66.8 Å². The van der Waals surface area contributed by atoms with Crippen molar-refractivity contribution < 1.29 is 0 Å². The molecule has 0 aromatic rings. The summed E-state index contributed by atoms with van der Waals surface area (Å²) in [7, 11) is 0. The molecule has 0 aromatic carbocycles. The van der Waals surface area contributed by atoms with Gasteiger partial charge in [-0.2, -0.15) is 0 Å². The van der Waals surface area contributed by atoms with Gasteiger partial charge < -0.3 is 0 Å². The normalized spacial score (nSPS) is 13.1. The zero-order valence-corrected chi connectivity index (χ0v) is 10.0. The van der Waals surface area contributed by atoms with E-state index in [1.54, 1.807) is 6.08 Å². The monoisotopic (exact) mass is 213 g/mol. The Bertz CT molecular complexity index is 285. The lowest BCUT2D eigenvalue weighted by molar-refractivity contribution is 0.815. The largest absolute Gasteiger partial charge is 0.0845 e. The van der Waals surface area contributed by atoms with Crippen molar-refractivity contribution in [2.75, 3.05) is 0 Å². The van der Waals surface area contributed by atoms with Gasteiger partial charge in [-0.3, -0.25) is 0 Å². The second kappa shape index (κ2) is 13.4. The summed E-state index contributed by atoms with van der Waals surface area (Å²) in [6.07, 6.45) is 25.1. The summed E-state index contributed by atoms with van der Waals surface area (Å²) in [6.45, 7) is 7.38. The molecule has 0 N–H and O–H groups in total. The molecule has 85 valence electrons. The molecule has 0 amide bonds. The number of unbranched alkanes of at least 4 members (excludes halogenated alkanes) is 2. The van der Waals surface area contributed by atoms with E-state index in [4.69, 9.17) is 6.58 Å². The first kappa shape index (κ1) is 14.4. The SMILES string of the molecule is [CH]=C/C=C/C=C/C=C/C=C/C=C/CCCC. The average molecular weight is 213 g/mol. The molecule has 0 spiro atoms. The fourth-order valence-electron chi connectivity index (χ4n) is 1.01. The van der Waals surface area contributed by atoms with E-state index in [-0.39, 0.29) is 0 Å². The zero-order chi connectivity index (χ0) is 11.9. The lowest BCUT2D eigenvalue weighted by atomic mass is 10.2. The van der Waals surface area contributed by atoms with Crippen molar-refractivity contribution in [1.82, 2.24) is 0 Å². The van der Waals surface area contributed by atoms with E-state index < -0.39 is 0 Å². The fourth-order valence-corrected chi connectivity index (χ4v) is 1.01. The average Bonchev–Trinajstić information content (AvgIpc) is 2.31. The van der Waals surface area contributed by atoms with Crippen molar-refractivity contribution in [3.8, 4) is 0 Å². The second-order valence-corrected chi connectivity index (χ2v) is 3.30. The van der Waals surface area contributed by atoms with Crippen molar-refractivity contribution in [3.05, 3.63) is 73.4 Å². The van der Waals surface area contributed by atoms with Crippen LogP contribution in [0.4, 0.5) is 0 Å². The molecule has 0 saturated heterocycles. The molecule has 1 radical (unpaired) electrons. The fraction of sp³-hybridized carbons (Fsp3) is 0.250. The maximum atomic E-state index is 5.18. The van der Waals surface area contributed by atoms with E-state index in [2.05, 4.69) is 19.1 Å². The van der Waals surface area contributed by atoms with Gasteiger partial charge in [-0.1, -0.05) is 93.2 Å². The summed E-state index contributed by atoms with van der Waals surface area (Å²) in [4.78, 5) is 0. The molecule has 0 aromatic heterocycles. The van der Waals surface area contributed by atoms with Crippen LogP contribution < -0.4 is 0 Å². The number of hydrogen-bond acceptors (Lipinski definition) is 0. The Labute approximate surface area is 100 Å². The van der Waals surface area contributed by atoms with Crippen LogP contribution in [-0.4, -0.2) is 0 Å². The first-order chi connectivity index (χ1) is 7.91. The van der Waals surface area contributed by atoms with Gasteiger partial charge in [-0.25, -0.2) is 0 Å². The Morgan fingerprint density at radius 2 is 1.25 bits per heavy atom. The lowest BCUT2D eigenvalue weighted by Crippen LogP contribution is -1.64. The summed E-state index contributed by atoms with van der Waals surface area (Å²) in [5.74, 6) is 0. The van der Waals surface area contributed by atoms with E-state index in [0.717, 1.165) is 0 Å². The zero-order valence-electron chi connectivity index (χ0n) is 10.0.